The van der Waals surface area contributed by atoms with Crippen molar-refractivity contribution in [1.82, 2.24) is 4.57 Å². The second kappa shape index (κ2) is 6.42. The Morgan fingerprint density at radius 1 is 1.45 bits per heavy atom. The Hall–Kier alpha value is -2.03. The monoisotopic (exact) mass is 289 g/mol. The van der Waals surface area contributed by atoms with Crippen LogP contribution in [-0.2, 0) is 6.54 Å². The fourth-order valence-corrected chi connectivity index (χ4v) is 2.60. The van der Waals surface area contributed by atoms with Crippen LogP contribution in [0.15, 0.2) is 28.4 Å². The van der Waals surface area contributed by atoms with Gasteiger partial charge in [-0.1, -0.05) is 29.2 Å². The summed E-state index contributed by atoms with van der Waals surface area (Å²) in [5.74, 6) is 6.12. The molecular formula is C15H15NO3S. The number of aliphatic hydroxyl groups is 1. The van der Waals surface area contributed by atoms with Crippen LogP contribution in [-0.4, -0.2) is 23.4 Å². The van der Waals surface area contributed by atoms with E-state index in [0.717, 1.165) is 11.3 Å². The molecule has 0 spiro atoms. The standard InChI is InChI=1S/C15H15NO3S/c1-11-10-20-15(18)16(11)9-12-5-6-14(19-2)13(8-12)4-3-7-17/h5-6,8,10,17H,7,9H2,1-2H3. The van der Waals surface area contributed by atoms with E-state index in [9.17, 15) is 4.79 Å². The van der Waals surface area contributed by atoms with Gasteiger partial charge in [-0.15, -0.1) is 0 Å². The summed E-state index contributed by atoms with van der Waals surface area (Å²) in [6.45, 7) is 2.22. The maximum Gasteiger partial charge on any atom is 0.307 e. The number of thiazole rings is 1. The van der Waals surface area contributed by atoms with Crippen LogP contribution < -0.4 is 9.61 Å². The lowest BCUT2D eigenvalue weighted by Crippen LogP contribution is -2.15. The molecule has 20 heavy (non-hydrogen) atoms. The Morgan fingerprint density at radius 2 is 2.25 bits per heavy atom. The number of hydrogen-bond donors (Lipinski definition) is 1. The lowest BCUT2D eigenvalue weighted by molar-refractivity contribution is 0.350. The molecule has 0 fully saturated rings. The highest BCUT2D eigenvalue weighted by atomic mass is 32.1. The number of ether oxygens (including phenoxy) is 1. The molecule has 104 valence electrons. The molecule has 0 amide bonds. The van der Waals surface area contributed by atoms with Crippen molar-refractivity contribution < 1.29 is 9.84 Å². The van der Waals surface area contributed by atoms with Gasteiger partial charge in [0.25, 0.3) is 0 Å². The Morgan fingerprint density at radius 3 is 2.85 bits per heavy atom. The third-order valence-electron chi connectivity index (χ3n) is 2.88. The predicted molar refractivity (Wildman–Crippen MR) is 79.4 cm³/mol. The number of hydrogen-bond acceptors (Lipinski definition) is 4. The minimum absolute atomic E-state index is 0.0290. The minimum atomic E-state index is -0.198. The normalized spacial score (nSPS) is 9.95. The van der Waals surface area contributed by atoms with Crippen LogP contribution in [0, 0.1) is 18.8 Å². The van der Waals surface area contributed by atoms with Gasteiger partial charge in [0.05, 0.1) is 19.2 Å². The SMILES string of the molecule is COc1ccc(Cn2c(C)csc2=O)cc1C#CCO. The van der Waals surface area contributed by atoms with Gasteiger partial charge in [-0.2, -0.15) is 0 Å². The number of methoxy groups -OCH3 is 1. The largest absolute Gasteiger partial charge is 0.495 e. The van der Waals surface area contributed by atoms with E-state index in [4.69, 9.17) is 9.84 Å². The van der Waals surface area contributed by atoms with Crippen LogP contribution in [0.5, 0.6) is 5.75 Å². The smallest absolute Gasteiger partial charge is 0.307 e. The summed E-state index contributed by atoms with van der Waals surface area (Å²) in [5.41, 5.74) is 2.62. The Kier molecular flexibility index (Phi) is 4.61. The van der Waals surface area contributed by atoms with Crippen molar-refractivity contribution in [1.29, 1.82) is 0 Å². The molecule has 0 aliphatic carbocycles. The predicted octanol–water partition coefficient (Wildman–Crippen LogP) is 1.62. The van der Waals surface area contributed by atoms with Gasteiger partial charge in [-0.05, 0) is 24.6 Å². The number of nitrogens with zero attached hydrogens (tertiary/aromatic N) is 1. The molecule has 0 atom stereocenters. The third-order valence-corrected chi connectivity index (χ3v) is 3.76. The first-order valence-corrected chi connectivity index (χ1v) is 6.95. The van der Waals surface area contributed by atoms with Crippen LogP contribution in [0.2, 0.25) is 0 Å². The van der Waals surface area contributed by atoms with Crippen LogP contribution in [0.1, 0.15) is 16.8 Å². The van der Waals surface area contributed by atoms with Crippen LogP contribution in [0.3, 0.4) is 0 Å². The van der Waals surface area contributed by atoms with Gasteiger partial charge in [0.15, 0.2) is 0 Å². The van der Waals surface area contributed by atoms with E-state index in [-0.39, 0.29) is 11.5 Å². The zero-order valence-electron chi connectivity index (χ0n) is 11.3. The quantitative estimate of drug-likeness (QED) is 0.874. The highest BCUT2D eigenvalue weighted by Crippen LogP contribution is 2.19. The van der Waals surface area contributed by atoms with Crippen LogP contribution >= 0.6 is 11.3 Å². The summed E-state index contributed by atoms with van der Waals surface area (Å²) in [6.07, 6.45) is 0. The molecule has 1 heterocycles. The molecule has 5 heteroatoms. The van der Waals surface area contributed by atoms with Crippen molar-refractivity contribution in [3.05, 3.63) is 50.1 Å². The first kappa shape index (κ1) is 14.4. The molecular weight excluding hydrogens is 274 g/mol. The van der Waals surface area contributed by atoms with E-state index in [1.165, 1.54) is 11.3 Å². The van der Waals surface area contributed by atoms with Gasteiger partial charge in [0.1, 0.15) is 12.4 Å². The second-order valence-corrected chi connectivity index (χ2v) is 5.04. The molecule has 0 aliphatic rings. The van der Waals surface area contributed by atoms with E-state index in [1.807, 2.05) is 30.5 Å². The zero-order chi connectivity index (χ0) is 14.5. The first-order chi connectivity index (χ1) is 9.65. The highest BCUT2D eigenvalue weighted by molar-refractivity contribution is 7.07. The summed E-state index contributed by atoms with van der Waals surface area (Å²) in [6, 6.07) is 5.61. The Labute approximate surface area is 121 Å². The fourth-order valence-electron chi connectivity index (χ4n) is 1.86. The topological polar surface area (TPSA) is 51.5 Å². The molecule has 0 saturated heterocycles. The summed E-state index contributed by atoms with van der Waals surface area (Å²) >= 11 is 1.20. The third kappa shape index (κ3) is 3.10. The molecule has 0 radical (unpaired) electrons. The molecule has 0 bridgehead atoms. The molecule has 2 rings (SSSR count). The van der Waals surface area contributed by atoms with Crippen molar-refractivity contribution in [2.75, 3.05) is 13.7 Å². The summed E-state index contributed by atoms with van der Waals surface area (Å²) in [4.78, 5) is 11.7. The zero-order valence-corrected chi connectivity index (χ0v) is 12.2. The maximum atomic E-state index is 11.7. The molecule has 0 unspecified atom stereocenters. The number of aryl methyl sites for hydroxylation is 1. The molecule has 0 aliphatic heterocycles. The molecule has 4 nitrogen and oxygen atoms in total. The average molecular weight is 289 g/mol. The van der Waals surface area contributed by atoms with Gasteiger partial charge >= 0.3 is 4.87 Å². The summed E-state index contributed by atoms with van der Waals surface area (Å²) in [7, 11) is 1.58. The molecule has 2 aromatic rings. The van der Waals surface area contributed by atoms with E-state index in [2.05, 4.69) is 11.8 Å². The fraction of sp³-hybridized carbons (Fsp3) is 0.267. The minimum Gasteiger partial charge on any atom is -0.495 e. The number of benzene rings is 1. The lowest BCUT2D eigenvalue weighted by Gasteiger charge is -2.08. The molecule has 1 aromatic heterocycles. The molecule has 1 aromatic carbocycles. The van der Waals surface area contributed by atoms with E-state index >= 15 is 0 Å². The average Bonchev–Trinajstić information content (AvgIpc) is 2.77. The van der Waals surface area contributed by atoms with Crippen molar-refractivity contribution in [2.24, 2.45) is 0 Å². The van der Waals surface area contributed by atoms with E-state index < -0.39 is 0 Å². The van der Waals surface area contributed by atoms with Gasteiger partial charge in [0.2, 0.25) is 0 Å². The van der Waals surface area contributed by atoms with E-state index in [0.29, 0.717) is 17.9 Å². The number of aromatic nitrogens is 1. The van der Waals surface area contributed by atoms with Crippen molar-refractivity contribution in [3.8, 4) is 17.6 Å². The van der Waals surface area contributed by atoms with Crippen molar-refractivity contribution in [3.63, 3.8) is 0 Å². The molecule has 0 saturated carbocycles. The number of aliphatic hydroxyl groups excluding tert-OH is 1. The second-order valence-electron chi connectivity index (χ2n) is 4.22. The first-order valence-electron chi connectivity index (χ1n) is 6.07. The highest BCUT2D eigenvalue weighted by Gasteiger charge is 2.06. The summed E-state index contributed by atoms with van der Waals surface area (Å²) in [5, 5.41) is 10.6. The Balaban J connectivity index is 2.36. The van der Waals surface area contributed by atoms with E-state index in [1.54, 1.807) is 11.7 Å². The van der Waals surface area contributed by atoms with Crippen LogP contribution in [0.25, 0.3) is 0 Å². The van der Waals surface area contributed by atoms with Gasteiger partial charge in [-0.3, -0.25) is 9.36 Å². The molecule has 1 N–H and O–H groups in total. The van der Waals surface area contributed by atoms with Gasteiger partial charge < -0.3 is 9.84 Å². The van der Waals surface area contributed by atoms with Crippen LogP contribution in [0.4, 0.5) is 0 Å². The van der Waals surface area contributed by atoms with Crippen molar-refractivity contribution >= 4 is 11.3 Å². The Bertz CT molecular complexity index is 719. The van der Waals surface area contributed by atoms with Crippen molar-refractivity contribution in [2.45, 2.75) is 13.5 Å². The maximum absolute atomic E-state index is 11.7. The summed E-state index contributed by atoms with van der Waals surface area (Å²) < 4.78 is 6.95. The van der Waals surface area contributed by atoms with Gasteiger partial charge in [0, 0.05) is 11.1 Å². The number of rotatable bonds is 3. The lowest BCUT2D eigenvalue weighted by atomic mass is 10.1. The van der Waals surface area contributed by atoms with Gasteiger partial charge in [-0.25, -0.2) is 0 Å².